The van der Waals surface area contributed by atoms with Crippen LogP contribution in [0.1, 0.15) is 36.2 Å². The Bertz CT molecular complexity index is 508. The first-order valence-corrected chi connectivity index (χ1v) is 4.85. The molecule has 0 heterocycles. The highest BCUT2D eigenvalue weighted by Crippen LogP contribution is 2.44. The molecule has 1 aromatic rings. The van der Waals surface area contributed by atoms with E-state index in [1.807, 2.05) is 0 Å². The Morgan fingerprint density at radius 2 is 2.06 bits per heavy atom. The van der Waals surface area contributed by atoms with E-state index >= 15 is 0 Å². The molecule has 5 heteroatoms. The summed E-state index contributed by atoms with van der Waals surface area (Å²) in [4.78, 5) is 21.9. The second kappa shape index (κ2) is 3.10. The Balaban J connectivity index is 2.82. The lowest BCUT2D eigenvalue weighted by molar-refractivity contribution is -0.386. The maximum absolute atomic E-state index is 13.5. The van der Waals surface area contributed by atoms with Gasteiger partial charge in [0.25, 0.3) is 5.69 Å². The number of halogens is 1. The molecular weight excluding hydrogens is 213 g/mol. The van der Waals surface area contributed by atoms with E-state index < -0.39 is 16.2 Å². The zero-order valence-corrected chi connectivity index (χ0v) is 8.91. The topological polar surface area (TPSA) is 60.2 Å². The minimum absolute atomic E-state index is 0.112. The van der Waals surface area contributed by atoms with Crippen LogP contribution in [-0.2, 0) is 5.41 Å². The van der Waals surface area contributed by atoms with Crippen molar-refractivity contribution in [1.29, 1.82) is 0 Å². The first kappa shape index (κ1) is 10.7. The lowest BCUT2D eigenvalue weighted by Crippen LogP contribution is -2.14. The van der Waals surface area contributed by atoms with Gasteiger partial charge in [-0.25, -0.2) is 4.39 Å². The summed E-state index contributed by atoms with van der Waals surface area (Å²) in [6, 6.07) is 2.10. The summed E-state index contributed by atoms with van der Waals surface area (Å²) in [6.45, 7) is 3.42. The zero-order chi connectivity index (χ0) is 12.1. The van der Waals surface area contributed by atoms with E-state index in [0.29, 0.717) is 0 Å². The number of carbonyl (C=O) groups is 1. The van der Waals surface area contributed by atoms with Crippen LogP contribution >= 0.6 is 0 Å². The lowest BCUT2D eigenvalue weighted by atomic mass is 9.85. The molecule has 0 saturated carbocycles. The van der Waals surface area contributed by atoms with Gasteiger partial charge in [0.2, 0.25) is 0 Å². The summed E-state index contributed by atoms with van der Waals surface area (Å²) in [5, 5.41) is 10.8. The number of hydrogen-bond donors (Lipinski definition) is 0. The quantitative estimate of drug-likeness (QED) is 0.543. The highest BCUT2D eigenvalue weighted by molar-refractivity contribution is 6.03. The van der Waals surface area contributed by atoms with Crippen LogP contribution in [0.4, 0.5) is 10.1 Å². The molecule has 0 fully saturated rings. The average molecular weight is 223 g/mol. The van der Waals surface area contributed by atoms with Crippen molar-refractivity contribution in [2.24, 2.45) is 0 Å². The van der Waals surface area contributed by atoms with E-state index in [2.05, 4.69) is 0 Å². The fraction of sp³-hybridized carbons (Fsp3) is 0.364. The van der Waals surface area contributed by atoms with Gasteiger partial charge in [-0.2, -0.15) is 0 Å². The van der Waals surface area contributed by atoms with Crippen LogP contribution in [0.25, 0.3) is 0 Å². The summed E-state index contributed by atoms with van der Waals surface area (Å²) in [5.74, 6) is -1.03. The van der Waals surface area contributed by atoms with Crippen molar-refractivity contribution in [2.75, 3.05) is 0 Å². The number of hydrogen-bond acceptors (Lipinski definition) is 3. The Morgan fingerprint density at radius 1 is 1.44 bits per heavy atom. The number of nitro groups is 1. The van der Waals surface area contributed by atoms with E-state index in [4.69, 9.17) is 0 Å². The van der Waals surface area contributed by atoms with Gasteiger partial charge in [0.15, 0.2) is 5.78 Å². The Morgan fingerprint density at radius 3 is 2.62 bits per heavy atom. The van der Waals surface area contributed by atoms with Gasteiger partial charge in [-0.1, -0.05) is 13.8 Å². The molecule has 0 saturated heterocycles. The number of ketones is 1. The molecule has 0 unspecified atom stereocenters. The van der Waals surface area contributed by atoms with Gasteiger partial charge in [0.05, 0.1) is 10.5 Å². The smallest absolute Gasteiger partial charge is 0.274 e. The van der Waals surface area contributed by atoms with Crippen LogP contribution in [-0.4, -0.2) is 10.7 Å². The summed E-state index contributed by atoms with van der Waals surface area (Å²) in [5.41, 5.74) is -0.731. The van der Waals surface area contributed by atoms with E-state index in [9.17, 15) is 19.3 Å². The molecule has 2 rings (SSSR count). The van der Waals surface area contributed by atoms with Gasteiger partial charge in [0.1, 0.15) is 5.82 Å². The molecule has 1 aromatic carbocycles. The third kappa shape index (κ3) is 1.31. The number of rotatable bonds is 1. The monoisotopic (exact) mass is 223 g/mol. The Hall–Kier alpha value is -1.78. The molecule has 0 atom stereocenters. The molecule has 1 aliphatic rings. The van der Waals surface area contributed by atoms with Crippen LogP contribution in [0.2, 0.25) is 0 Å². The van der Waals surface area contributed by atoms with Crippen LogP contribution in [0.3, 0.4) is 0 Å². The van der Waals surface area contributed by atoms with E-state index in [1.54, 1.807) is 13.8 Å². The second-order valence-corrected chi connectivity index (χ2v) is 4.56. The number of Topliss-reactive ketones (excluding diaryl/α,β-unsaturated/α-hetero) is 1. The summed E-state index contributed by atoms with van der Waals surface area (Å²) < 4.78 is 13.5. The molecule has 16 heavy (non-hydrogen) atoms. The van der Waals surface area contributed by atoms with Crippen LogP contribution in [0.5, 0.6) is 0 Å². The van der Waals surface area contributed by atoms with Crippen molar-refractivity contribution in [3.63, 3.8) is 0 Å². The van der Waals surface area contributed by atoms with Gasteiger partial charge >= 0.3 is 0 Å². The molecule has 0 aliphatic heterocycles. The third-order valence-corrected chi connectivity index (χ3v) is 2.89. The normalized spacial score (nSPS) is 17.3. The number of nitrogens with zero attached hydrogens (tertiary/aromatic N) is 1. The maximum atomic E-state index is 13.5. The largest absolute Gasteiger partial charge is 0.294 e. The summed E-state index contributed by atoms with van der Waals surface area (Å²) in [6.07, 6.45) is 0.115. The van der Waals surface area contributed by atoms with E-state index in [1.165, 1.54) is 0 Å². The molecule has 0 bridgehead atoms. The Labute approximate surface area is 91.2 Å². The van der Waals surface area contributed by atoms with Crippen molar-refractivity contribution >= 4 is 11.5 Å². The highest BCUT2D eigenvalue weighted by atomic mass is 19.1. The molecule has 1 aliphatic carbocycles. The number of fused-ring (bicyclic) bond motifs is 1. The highest BCUT2D eigenvalue weighted by Gasteiger charge is 2.43. The predicted octanol–water partition coefficient (Wildman–Crippen LogP) is 2.60. The average Bonchev–Trinajstić information content (AvgIpc) is 2.38. The van der Waals surface area contributed by atoms with Crippen LogP contribution in [0, 0.1) is 15.9 Å². The minimum atomic E-state index is -0.670. The SMILES string of the molecule is CC1(C)CC(=O)c2c(F)ccc([N+](=O)[O-])c21. The molecule has 0 spiro atoms. The fourth-order valence-electron chi connectivity index (χ4n) is 2.25. The molecule has 0 radical (unpaired) electrons. The fourth-order valence-corrected chi connectivity index (χ4v) is 2.25. The number of carbonyl (C=O) groups excluding carboxylic acids is 1. The standard InChI is InChI=1S/C11H10FNO3/c1-11(2)5-8(14)9-6(12)3-4-7(10(9)11)13(15)16/h3-4H,5H2,1-2H3. The molecular formula is C11H10FNO3. The summed E-state index contributed by atoms with van der Waals surface area (Å²) in [7, 11) is 0. The van der Waals surface area contributed by atoms with Crippen molar-refractivity contribution < 1.29 is 14.1 Å². The molecule has 0 N–H and O–H groups in total. The third-order valence-electron chi connectivity index (χ3n) is 2.89. The van der Waals surface area contributed by atoms with Crippen molar-refractivity contribution in [2.45, 2.75) is 25.7 Å². The molecule has 4 nitrogen and oxygen atoms in total. The van der Waals surface area contributed by atoms with Gasteiger partial charge in [-0.15, -0.1) is 0 Å². The van der Waals surface area contributed by atoms with Gasteiger partial charge in [0, 0.05) is 23.5 Å². The van der Waals surface area contributed by atoms with E-state index in [-0.39, 0.29) is 29.0 Å². The number of benzene rings is 1. The van der Waals surface area contributed by atoms with Crippen molar-refractivity contribution in [1.82, 2.24) is 0 Å². The van der Waals surface area contributed by atoms with E-state index in [0.717, 1.165) is 12.1 Å². The zero-order valence-electron chi connectivity index (χ0n) is 8.91. The molecule has 0 amide bonds. The maximum Gasteiger partial charge on any atom is 0.274 e. The van der Waals surface area contributed by atoms with Gasteiger partial charge < -0.3 is 0 Å². The first-order chi connectivity index (χ1) is 7.34. The predicted molar refractivity (Wildman–Crippen MR) is 55.0 cm³/mol. The van der Waals surface area contributed by atoms with Crippen LogP contribution < -0.4 is 0 Å². The van der Waals surface area contributed by atoms with Crippen molar-refractivity contribution in [3.05, 3.63) is 39.2 Å². The number of nitro benzene ring substituents is 1. The van der Waals surface area contributed by atoms with Crippen molar-refractivity contribution in [3.8, 4) is 0 Å². The molecule has 0 aromatic heterocycles. The Kier molecular flexibility index (Phi) is 2.08. The van der Waals surface area contributed by atoms with Crippen LogP contribution in [0.15, 0.2) is 12.1 Å². The first-order valence-electron chi connectivity index (χ1n) is 4.85. The second-order valence-electron chi connectivity index (χ2n) is 4.56. The van der Waals surface area contributed by atoms with Gasteiger partial charge in [-0.3, -0.25) is 14.9 Å². The molecule has 84 valence electrons. The summed E-state index contributed by atoms with van der Waals surface area (Å²) >= 11 is 0. The minimum Gasteiger partial charge on any atom is -0.294 e. The lowest BCUT2D eigenvalue weighted by Gasteiger charge is -2.17. The van der Waals surface area contributed by atoms with Gasteiger partial charge in [-0.05, 0) is 6.07 Å².